The summed E-state index contributed by atoms with van der Waals surface area (Å²) in [7, 11) is -1.70. The molecule has 1 aliphatic heterocycles. The summed E-state index contributed by atoms with van der Waals surface area (Å²) < 4.78 is 26.9. The molecule has 0 amide bonds. The Hall–Kier alpha value is -2.08. The lowest BCUT2D eigenvalue weighted by molar-refractivity contribution is -0.133. The van der Waals surface area contributed by atoms with Gasteiger partial charge in [-0.3, -0.25) is 18.7 Å². The summed E-state index contributed by atoms with van der Waals surface area (Å²) in [5.41, 5.74) is -0.839. The molecule has 0 atom stereocenters. The first-order chi connectivity index (χ1) is 11.7. The third-order valence-electron chi connectivity index (χ3n) is 4.04. The van der Waals surface area contributed by atoms with E-state index in [1.165, 1.54) is 16.2 Å². The molecule has 10 nitrogen and oxygen atoms in total. The van der Waals surface area contributed by atoms with E-state index in [9.17, 15) is 22.8 Å². The number of carbonyl (C=O) groups is 1. The van der Waals surface area contributed by atoms with Crippen LogP contribution >= 0.6 is 11.8 Å². The van der Waals surface area contributed by atoms with Crippen LogP contribution in [0.1, 0.15) is 13.0 Å². The number of carboxylic acids is 1. The molecule has 0 bridgehead atoms. The van der Waals surface area contributed by atoms with Crippen molar-refractivity contribution in [3.8, 4) is 0 Å². The second-order valence-electron chi connectivity index (χ2n) is 5.74. The lowest BCUT2D eigenvalue weighted by atomic mass is 10.3. The first kappa shape index (κ1) is 17.7. The van der Waals surface area contributed by atoms with E-state index in [1.54, 1.807) is 6.92 Å². The van der Waals surface area contributed by atoms with Gasteiger partial charge < -0.3 is 9.67 Å². The Morgan fingerprint density at radius 3 is 2.52 bits per heavy atom. The molecule has 1 N–H and O–H groups in total. The molecule has 3 heterocycles. The Kier molecular flexibility index (Phi) is 4.27. The summed E-state index contributed by atoms with van der Waals surface area (Å²) in [4.78, 5) is 40.1. The van der Waals surface area contributed by atoms with Gasteiger partial charge >= 0.3 is 11.7 Å². The number of aliphatic carboxylic acids is 1. The van der Waals surface area contributed by atoms with Gasteiger partial charge in [0.05, 0.1) is 23.3 Å². The highest BCUT2D eigenvalue weighted by atomic mass is 32.2. The SMILES string of the molecule is CCn1c(=O)c2c(nc(SCC(=O)O)n2C2CS(=O)(=O)C2)n(C)c1=O. The molecule has 0 aromatic carbocycles. The predicted octanol–water partition coefficient (Wildman–Crippen LogP) is -0.937. The summed E-state index contributed by atoms with van der Waals surface area (Å²) in [6.45, 7) is 1.82. The number of imidazole rings is 1. The minimum atomic E-state index is -3.17. The van der Waals surface area contributed by atoms with Crippen molar-refractivity contribution in [2.24, 2.45) is 7.05 Å². The molecule has 1 fully saturated rings. The van der Waals surface area contributed by atoms with Crippen LogP contribution in [0.15, 0.2) is 14.7 Å². The first-order valence-corrected chi connectivity index (χ1v) is 10.2. The third-order valence-corrected chi connectivity index (χ3v) is 6.77. The van der Waals surface area contributed by atoms with Gasteiger partial charge in [-0.15, -0.1) is 0 Å². The van der Waals surface area contributed by atoms with E-state index in [0.29, 0.717) is 0 Å². The maximum absolute atomic E-state index is 12.7. The van der Waals surface area contributed by atoms with Crippen LogP contribution in [0, 0.1) is 0 Å². The molecule has 0 unspecified atom stereocenters. The van der Waals surface area contributed by atoms with Crippen LogP contribution in [0.5, 0.6) is 0 Å². The van der Waals surface area contributed by atoms with Crippen molar-refractivity contribution >= 4 is 38.7 Å². The van der Waals surface area contributed by atoms with Crippen LogP contribution < -0.4 is 11.2 Å². The van der Waals surface area contributed by atoms with Gasteiger partial charge in [0, 0.05) is 13.6 Å². The molecule has 2 aromatic rings. The summed E-state index contributed by atoms with van der Waals surface area (Å²) in [6, 6.07) is -0.498. The van der Waals surface area contributed by atoms with E-state index < -0.39 is 33.1 Å². The summed E-state index contributed by atoms with van der Waals surface area (Å²) >= 11 is 0.889. The van der Waals surface area contributed by atoms with Gasteiger partial charge in [-0.1, -0.05) is 11.8 Å². The lowest BCUT2D eigenvalue weighted by Crippen LogP contribution is -2.42. The normalized spacial score (nSPS) is 16.9. The van der Waals surface area contributed by atoms with Crippen molar-refractivity contribution in [1.29, 1.82) is 0 Å². The molecular weight excluding hydrogens is 372 g/mol. The second kappa shape index (κ2) is 6.02. The molecule has 1 aliphatic rings. The Bertz CT molecular complexity index is 1080. The number of thioether (sulfide) groups is 1. The number of aryl methyl sites for hydroxylation is 1. The fourth-order valence-electron chi connectivity index (χ4n) is 2.85. The lowest BCUT2D eigenvalue weighted by Gasteiger charge is -2.28. The van der Waals surface area contributed by atoms with Gasteiger partial charge in [0.15, 0.2) is 26.2 Å². The topological polar surface area (TPSA) is 133 Å². The molecule has 3 rings (SSSR count). The highest BCUT2D eigenvalue weighted by molar-refractivity contribution is 7.99. The molecule has 12 heteroatoms. The predicted molar refractivity (Wildman–Crippen MR) is 91.0 cm³/mol. The van der Waals surface area contributed by atoms with Crippen LogP contribution in [0.4, 0.5) is 0 Å². The summed E-state index contributed by atoms with van der Waals surface area (Å²) in [6.07, 6.45) is 0. The summed E-state index contributed by atoms with van der Waals surface area (Å²) in [5, 5.41) is 9.11. The number of fused-ring (bicyclic) bond motifs is 1. The summed E-state index contributed by atoms with van der Waals surface area (Å²) in [5.74, 6) is -1.65. The van der Waals surface area contributed by atoms with Crippen LogP contribution in [0.3, 0.4) is 0 Å². The molecule has 2 aromatic heterocycles. The van der Waals surface area contributed by atoms with Crippen LogP contribution in [0.25, 0.3) is 11.2 Å². The van der Waals surface area contributed by atoms with Gasteiger partial charge in [0.1, 0.15) is 0 Å². The Morgan fingerprint density at radius 1 is 1.36 bits per heavy atom. The molecule has 25 heavy (non-hydrogen) atoms. The van der Waals surface area contributed by atoms with Gasteiger partial charge in [-0.2, -0.15) is 0 Å². The van der Waals surface area contributed by atoms with Crippen molar-refractivity contribution in [3.05, 3.63) is 20.8 Å². The number of hydrogen-bond acceptors (Lipinski definition) is 7. The number of nitrogens with zero attached hydrogens (tertiary/aromatic N) is 4. The van der Waals surface area contributed by atoms with Gasteiger partial charge in [-0.25, -0.2) is 18.2 Å². The number of hydrogen-bond donors (Lipinski definition) is 1. The largest absolute Gasteiger partial charge is 0.481 e. The van der Waals surface area contributed by atoms with Crippen LogP contribution in [-0.4, -0.2) is 55.4 Å². The van der Waals surface area contributed by atoms with Crippen molar-refractivity contribution in [1.82, 2.24) is 18.7 Å². The number of carboxylic acid groups (broad SMARTS) is 1. The van der Waals surface area contributed by atoms with Crippen molar-refractivity contribution in [2.45, 2.75) is 24.7 Å². The van der Waals surface area contributed by atoms with Gasteiger partial charge in [0.2, 0.25) is 0 Å². The van der Waals surface area contributed by atoms with E-state index >= 15 is 0 Å². The molecule has 0 radical (unpaired) electrons. The molecular formula is C13H16N4O6S2. The Morgan fingerprint density at radius 2 is 2.00 bits per heavy atom. The molecule has 0 aliphatic carbocycles. The number of aromatic nitrogens is 4. The zero-order chi connectivity index (χ0) is 18.5. The molecule has 0 saturated carbocycles. The smallest absolute Gasteiger partial charge is 0.332 e. The van der Waals surface area contributed by atoms with Crippen molar-refractivity contribution in [2.75, 3.05) is 17.3 Å². The van der Waals surface area contributed by atoms with Crippen molar-refractivity contribution in [3.63, 3.8) is 0 Å². The van der Waals surface area contributed by atoms with E-state index in [1.807, 2.05) is 0 Å². The van der Waals surface area contributed by atoms with E-state index in [0.717, 1.165) is 16.3 Å². The molecule has 0 spiro atoms. The standard InChI is InChI=1S/C13H16N4O6S2/c1-3-16-11(20)9-10(15(2)13(16)21)14-12(24-4-8(18)19)17(9)7-5-25(22,23)6-7/h7H,3-6H2,1-2H3,(H,18,19). The maximum atomic E-state index is 12.7. The van der Waals surface area contributed by atoms with E-state index in [-0.39, 0.29) is 40.1 Å². The minimum absolute atomic E-state index is 0.122. The fraction of sp³-hybridized carbons (Fsp3) is 0.538. The van der Waals surface area contributed by atoms with Gasteiger partial charge in [-0.05, 0) is 6.92 Å². The second-order valence-corrected chi connectivity index (χ2v) is 8.84. The van der Waals surface area contributed by atoms with Gasteiger partial charge in [0.25, 0.3) is 5.56 Å². The molecule has 1 saturated heterocycles. The molecule has 136 valence electrons. The quantitative estimate of drug-likeness (QED) is 0.649. The third kappa shape index (κ3) is 2.88. The number of sulfone groups is 1. The zero-order valence-electron chi connectivity index (χ0n) is 13.5. The highest BCUT2D eigenvalue weighted by Crippen LogP contribution is 2.32. The average molecular weight is 388 g/mol. The zero-order valence-corrected chi connectivity index (χ0v) is 15.1. The minimum Gasteiger partial charge on any atom is -0.481 e. The first-order valence-electron chi connectivity index (χ1n) is 7.43. The Labute approximate surface area is 146 Å². The highest BCUT2D eigenvalue weighted by Gasteiger charge is 2.38. The maximum Gasteiger partial charge on any atom is 0.332 e. The fourth-order valence-corrected chi connectivity index (χ4v) is 5.01. The van der Waals surface area contributed by atoms with E-state index in [2.05, 4.69) is 4.98 Å². The van der Waals surface area contributed by atoms with Crippen molar-refractivity contribution < 1.29 is 18.3 Å². The van der Waals surface area contributed by atoms with E-state index in [4.69, 9.17) is 5.11 Å². The number of rotatable bonds is 5. The Balaban J connectivity index is 2.29. The monoisotopic (exact) mass is 388 g/mol. The van der Waals surface area contributed by atoms with Crippen LogP contribution in [-0.2, 0) is 28.2 Å². The average Bonchev–Trinajstić information content (AvgIpc) is 2.88. The van der Waals surface area contributed by atoms with Crippen LogP contribution in [0.2, 0.25) is 0 Å².